The first-order valence-electron chi connectivity index (χ1n) is 7.12. The third-order valence-electron chi connectivity index (χ3n) is 4.29. The van der Waals surface area contributed by atoms with Crippen LogP contribution in [0.5, 0.6) is 0 Å². The molecule has 1 aliphatic rings. The second-order valence-electron chi connectivity index (χ2n) is 5.78. The molecule has 1 aromatic heterocycles. The lowest BCUT2D eigenvalue weighted by molar-refractivity contribution is 0.101. The number of nitrogens with one attached hydrogen (secondary N) is 1. The summed E-state index contributed by atoms with van der Waals surface area (Å²) in [6.45, 7) is 3.51. The minimum Gasteiger partial charge on any atom is -0.338 e. The molecular formula is C14H27N5. The van der Waals surface area contributed by atoms with Gasteiger partial charge in [-0.05, 0) is 27.6 Å². The lowest BCUT2D eigenvalue weighted by atomic mass is 10.0. The molecule has 5 nitrogen and oxygen atoms in total. The first-order valence-corrected chi connectivity index (χ1v) is 7.12. The highest BCUT2D eigenvalue weighted by molar-refractivity contribution is 4.96. The number of hydrogen-bond donors (Lipinski definition) is 1. The summed E-state index contributed by atoms with van der Waals surface area (Å²) in [7, 11) is 8.58. The fourth-order valence-corrected chi connectivity index (χ4v) is 2.80. The third kappa shape index (κ3) is 3.78. The molecule has 2 heterocycles. The number of aryl methyl sites for hydroxylation is 1. The number of aromatic nitrogens is 2. The van der Waals surface area contributed by atoms with E-state index in [1.54, 1.807) is 0 Å². The molecule has 1 N–H and O–H groups in total. The van der Waals surface area contributed by atoms with Crippen LogP contribution < -0.4 is 5.32 Å². The van der Waals surface area contributed by atoms with Gasteiger partial charge in [0.05, 0.1) is 0 Å². The highest BCUT2D eigenvalue weighted by atomic mass is 15.3. The summed E-state index contributed by atoms with van der Waals surface area (Å²) < 4.78 is 2.11. The van der Waals surface area contributed by atoms with Crippen LogP contribution in [0.3, 0.4) is 0 Å². The smallest absolute Gasteiger partial charge is 0.109 e. The number of hydrogen-bond acceptors (Lipinski definition) is 4. The van der Waals surface area contributed by atoms with Crippen molar-refractivity contribution < 1.29 is 0 Å². The van der Waals surface area contributed by atoms with Gasteiger partial charge in [-0.2, -0.15) is 0 Å². The summed E-state index contributed by atoms with van der Waals surface area (Å²) >= 11 is 0. The molecule has 5 heteroatoms. The Kier molecular flexibility index (Phi) is 4.96. The van der Waals surface area contributed by atoms with E-state index in [1.165, 1.54) is 19.5 Å². The summed E-state index contributed by atoms with van der Waals surface area (Å²) in [5.74, 6) is 1.16. The molecule has 1 aromatic rings. The van der Waals surface area contributed by atoms with Gasteiger partial charge < -0.3 is 19.7 Å². The van der Waals surface area contributed by atoms with Gasteiger partial charge in [0.2, 0.25) is 0 Å². The zero-order valence-electron chi connectivity index (χ0n) is 12.6. The molecule has 0 aliphatic carbocycles. The fourth-order valence-electron chi connectivity index (χ4n) is 2.80. The zero-order chi connectivity index (χ0) is 13.8. The normalized spacial score (nSPS) is 23.7. The van der Waals surface area contributed by atoms with E-state index in [1.807, 2.05) is 12.4 Å². The minimum atomic E-state index is 0.486. The van der Waals surface area contributed by atoms with Gasteiger partial charge in [-0.1, -0.05) is 0 Å². The Morgan fingerprint density at radius 2 is 2.16 bits per heavy atom. The number of likely N-dealkylation sites (N-methyl/N-ethyl adjacent to an activating group) is 3. The van der Waals surface area contributed by atoms with Crippen LogP contribution in [0, 0.1) is 0 Å². The number of rotatable bonds is 5. The van der Waals surface area contributed by atoms with Crippen LogP contribution in [0.1, 0.15) is 12.2 Å². The highest BCUT2D eigenvalue weighted by Crippen LogP contribution is 2.14. The summed E-state index contributed by atoms with van der Waals surface area (Å²) in [6.07, 6.45) is 6.06. The standard InChI is InChI=1S/C14H27N5/c1-15-12(10-14-16-5-6-19(14)4)9-13-11-17(2)7-8-18(13)3/h5-6,12-13,15H,7-11H2,1-4H3. The topological polar surface area (TPSA) is 36.3 Å². The Bertz CT molecular complexity index is 389. The molecule has 0 amide bonds. The molecule has 0 spiro atoms. The summed E-state index contributed by atoms with van der Waals surface area (Å²) in [6, 6.07) is 1.12. The van der Waals surface area contributed by atoms with Gasteiger partial charge >= 0.3 is 0 Å². The van der Waals surface area contributed by atoms with E-state index in [9.17, 15) is 0 Å². The van der Waals surface area contributed by atoms with Crippen LogP contribution in [-0.4, -0.2) is 72.2 Å². The van der Waals surface area contributed by atoms with Crippen LogP contribution in [0.2, 0.25) is 0 Å². The lowest BCUT2D eigenvalue weighted by Crippen LogP contribution is -2.52. The predicted molar refractivity (Wildman–Crippen MR) is 78.3 cm³/mol. The maximum Gasteiger partial charge on any atom is 0.109 e. The van der Waals surface area contributed by atoms with E-state index < -0.39 is 0 Å². The first kappa shape index (κ1) is 14.5. The quantitative estimate of drug-likeness (QED) is 0.824. The summed E-state index contributed by atoms with van der Waals surface area (Å²) in [5.41, 5.74) is 0. The maximum absolute atomic E-state index is 4.43. The molecule has 108 valence electrons. The molecule has 1 aliphatic heterocycles. The molecule has 1 saturated heterocycles. The van der Waals surface area contributed by atoms with Gasteiger partial charge in [0, 0.05) is 57.6 Å². The Labute approximate surface area is 116 Å². The molecule has 0 bridgehead atoms. The van der Waals surface area contributed by atoms with E-state index in [0.717, 1.165) is 18.8 Å². The first-order chi connectivity index (χ1) is 9.10. The average molecular weight is 265 g/mol. The van der Waals surface area contributed by atoms with Gasteiger partial charge in [0.25, 0.3) is 0 Å². The van der Waals surface area contributed by atoms with Crippen molar-refractivity contribution in [2.45, 2.75) is 24.9 Å². The maximum atomic E-state index is 4.43. The van der Waals surface area contributed by atoms with Crippen molar-refractivity contribution in [2.24, 2.45) is 7.05 Å². The van der Waals surface area contributed by atoms with E-state index in [4.69, 9.17) is 0 Å². The molecule has 2 rings (SSSR count). The lowest BCUT2D eigenvalue weighted by Gasteiger charge is -2.39. The Morgan fingerprint density at radius 3 is 2.79 bits per heavy atom. The van der Waals surface area contributed by atoms with E-state index in [0.29, 0.717) is 12.1 Å². The molecule has 1 fully saturated rings. The molecule has 2 unspecified atom stereocenters. The molecule has 2 atom stereocenters. The van der Waals surface area contributed by atoms with Crippen molar-refractivity contribution in [3.8, 4) is 0 Å². The van der Waals surface area contributed by atoms with Crippen LogP contribution in [-0.2, 0) is 13.5 Å². The van der Waals surface area contributed by atoms with Crippen molar-refractivity contribution >= 4 is 0 Å². The monoisotopic (exact) mass is 265 g/mol. The molecular weight excluding hydrogens is 238 g/mol. The van der Waals surface area contributed by atoms with Gasteiger partial charge in [-0.3, -0.25) is 0 Å². The van der Waals surface area contributed by atoms with Crippen molar-refractivity contribution in [2.75, 3.05) is 40.8 Å². The van der Waals surface area contributed by atoms with Crippen molar-refractivity contribution in [3.05, 3.63) is 18.2 Å². The molecule has 19 heavy (non-hydrogen) atoms. The average Bonchev–Trinajstić information content (AvgIpc) is 2.78. The minimum absolute atomic E-state index is 0.486. The van der Waals surface area contributed by atoms with Crippen LogP contribution in [0.15, 0.2) is 12.4 Å². The SMILES string of the molecule is CNC(Cc1nccn1C)CC1CN(C)CCN1C. The van der Waals surface area contributed by atoms with E-state index in [2.05, 4.69) is 52.9 Å². The molecule has 0 saturated carbocycles. The predicted octanol–water partition coefficient (Wildman–Crippen LogP) is 0.187. The van der Waals surface area contributed by atoms with Gasteiger partial charge in [0.15, 0.2) is 0 Å². The van der Waals surface area contributed by atoms with Gasteiger partial charge in [-0.15, -0.1) is 0 Å². The van der Waals surface area contributed by atoms with Gasteiger partial charge in [-0.25, -0.2) is 4.98 Å². The Morgan fingerprint density at radius 1 is 1.37 bits per heavy atom. The number of imidazole rings is 1. The van der Waals surface area contributed by atoms with E-state index in [-0.39, 0.29) is 0 Å². The largest absolute Gasteiger partial charge is 0.338 e. The Hall–Kier alpha value is -0.910. The van der Waals surface area contributed by atoms with Crippen molar-refractivity contribution in [3.63, 3.8) is 0 Å². The molecule has 0 aromatic carbocycles. The second kappa shape index (κ2) is 6.50. The third-order valence-corrected chi connectivity index (χ3v) is 4.29. The van der Waals surface area contributed by atoms with Crippen LogP contribution in [0.25, 0.3) is 0 Å². The molecule has 0 radical (unpaired) electrons. The van der Waals surface area contributed by atoms with Crippen LogP contribution in [0.4, 0.5) is 0 Å². The summed E-state index contributed by atoms with van der Waals surface area (Å²) in [5, 5.41) is 3.45. The number of piperazine rings is 1. The van der Waals surface area contributed by atoms with Gasteiger partial charge in [0.1, 0.15) is 5.82 Å². The van der Waals surface area contributed by atoms with Crippen LogP contribution >= 0.6 is 0 Å². The Balaban J connectivity index is 1.93. The zero-order valence-corrected chi connectivity index (χ0v) is 12.6. The van der Waals surface area contributed by atoms with Crippen molar-refractivity contribution in [1.82, 2.24) is 24.7 Å². The van der Waals surface area contributed by atoms with Crippen molar-refractivity contribution in [1.29, 1.82) is 0 Å². The highest BCUT2D eigenvalue weighted by Gasteiger charge is 2.25. The van der Waals surface area contributed by atoms with E-state index >= 15 is 0 Å². The summed E-state index contributed by atoms with van der Waals surface area (Å²) in [4.78, 5) is 9.35. The number of nitrogens with zero attached hydrogens (tertiary/aromatic N) is 4. The second-order valence-corrected chi connectivity index (χ2v) is 5.78. The fraction of sp³-hybridized carbons (Fsp3) is 0.786.